The third-order valence-electron chi connectivity index (χ3n) is 3.20. The van der Waals surface area contributed by atoms with Crippen LogP contribution in [0.2, 0.25) is 0 Å². The first-order valence-corrected chi connectivity index (χ1v) is 7.41. The maximum absolute atomic E-state index is 8.86. The van der Waals surface area contributed by atoms with Crippen LogP contribution in [0.15, 0.2) is 28.9 Å². The first kappa shape index (κ1) is 15.5. The Bertz CT molecular complexity index is 663. The number of benzene rings is 1. The van der Waals surface area contributed by atoms with Gasteiger partial charge in [0.1, 0.15) is 0 Å². The molecule has 0 saturated carbocycles. The third-order valence-corrected chi connectivity index (χ3v) is 3.70. The average molecular weight is 349 g/mol. The number of hydrogen-bond donors (Lipinski definition) is 1. The fourth-order valence-electron chi connectivity index (χ4n) is 2.24. The van der Waals surface area contributed by atoms with Crippen LogP contribution in [0, 0.1) is 11.3 Å². The van der Waals surface area contributed by atoms with Gasteiger partial charge in [-0.1, -0.05) is 15.9 Å². The SMILES string of the molecule is COCCN(CCC#N)c1c(N)cnc2ccc(Br)cc12. The number of hydrogen-bond acceptors (Lipinski definition) is 5. The molecular weight excluding hydrogens is 332 g/mol. The summed E-state index contributed by atoms with van der Waals surface area (Å²) in [7, 11) is 1.66. The second-order valence-corrected chi connectivity index (χ2v) is 5.53. The second kappa shape index (κ2) is 7.25. The number of fused-ring (bicyclic) bond motifs is 1. The van der Waals surface area contributed by atoms with E-state index in [1.807, 2.05) is 18.2 Å². The molecule has 2 aromatic rings. The molecule has 0 aliphatic carbocycles. The number of nitrogens with two attached hydrogens (primary N) is 1. The Kier molecular flexibility index (Phi) is 5.37. The Hall–Kier alpha value is -1.84. The molecule has 110 valence electrons. The van der Waals surface area contributed by atoms with Crippen LogP contribution in [0.4, 0.5) is 11.4 Å². The lowest BCUT2D eigenvalue weighted by molar-refractivity contribution is 0.205. The molecule has 0 fully saturated rings. The Labute approximate surface area is 132 Å². The van der Waals surface area contributed by atoms with Gasteiger partial charge in [-0.05, 0) is 18.2 Å². The molecule has 1 aromatic heterocycles. The summed E-state index contributed by atoms with van der Waals surface area (Å²) in [6.45, 7) is 1.85. The van der Waals surface area contributed by atoms with Gasteiger partial charge in [-0.3, -0.25) is 4.98 Å². The number of anilines is 2. The molecule has 0 spiro atoms. The van der Waals surface area contributed by atoms with Crippen molar-refractivity contribution in [2.24, 2.45) is 0 Å². The minimum absolute atomic E-state index is 0.432. The van der Waals surface area contributed by atoms with Crippen molar-refractivity contribution in [2.75, 3.05) is 37.4 Å². The van der Waals surface area contributed by atoms with Crippen molar-refractivity contribution < 1.29 is 4.74 Å². The monoisotopic (exact) mass is 348 g/mol. The van der Waals surface area contributed by atoms with Crippen molar-refractivity contribution in [1.29, 1.82) is 5.26 Å². The standard InChI is InChI=1S/C15H17BrN4O/c1-21-8-7-20(6-2-5-17)15-12-9-11(16)3-4-14(12)19-10-13(15)18/h3-4,9-10H,2,6-8,18H2,1H3. The van der Waals surface area contributed by atoms with Gasteiger partial charge >= 0.3 is 0 Å². The number of methoxy groups -OCH3 is 1. The zero-order valence-electron chi connectivity index (χ0n) is 11.8. The highest BCUT2D eigenvalue weighted by Crippen LogP contribution is 2.33. The fraction of sp³-hybridized carbons (Fsp3) is 0.333. The first-order valence-electron chi connectivity index (χ1n) is 6.62. The van der Waals surface area contributed by atoms with Gasteiger partial charge in [0, 0.05) is 30.1 Å². The smallest absolute Gasteiger partial charge is 0.0745 e. The van der Waals surface area contributed by atoms with Gasteiger partial charge in [-0.2, -0.15) is 5.26 Å². The van der Waals surface area contributed by atoms with E-state index >= 15 is 0 Å². The van der Waals surface area contributed by atoms with E-state index in [0.717, 1.165) is 21.1 Å². The third kappa shape index (κ3) is 3.63. The molecule has 5 nitrogen and oxygen atoms in total. The summed E-state index contributed by atoms with van der Waals surface area (Å²) in [6, 6.07) is 8.07. The van der Waals surface area contributed by atoms with Crippen LogP contribution in [0.5, 0.6) is 0 Å². The number of nitriles is 1. The number of aromatic nitrogens is 1. The van der Waals surface area contributed by atoms with Crippen molar-refractivity contribution >= 4 is 38.2 Å². The predicted octanol–water partition coefficient (Wildman–Crippen LogP) is 2.95. The van der Waals surface area contributed by atoms with Gasteiger partial charge in [-0.25, -0.2) is 0 Å². The van der Waals surface area contributed by atoms with Crippen LogP contribution in [-0.2, 0) is 4.74 Å². The zero-order valence-corrected chi connectivity index (χ0v) is 13.4. The molecule has 0 unspecified atom stereocenters. The van der Waals surface area contributed by atoms with Crippen molar-refractivity contribution in [2.45, 2.75) is 6.42 Å². The molecule has 0 aliphatic rings. The van der Waals surface area contributed by atoms with E-state index in [9.17, 15) is 0 Å². The summed E-state index contributed by atoms with van der Waals surface area (Å²) in [4.78, 5) is 6.44. The molecule has 1 aromatic carbocycles. The molecule has 0 saturated heterocycles. The molecule has 0 amide bonds. The van der Waals surface area contributed by atoms with Gasteiger partial charge in [0.2, 0.25) is 0 Å². The van der Waals surface area contributed by atoms with Crippen LogP contribution in [0.3, 0.4) is 0 Å². The highest BCUT2D eigenvalue weighted by Gasteiger charge is 2.14. The maximum atomic E-state index is 8.86. The minimum atomic E-state index is 0.432. The molecular formula is C15H17BrN4O. The van der Waals surface area contributed by atoms with Crippen LogP contribution >= 0.6 is 15.9 Å². The maximum Gasteiger partial charge on any atom is 0.0745 e. The van der Waals surface area contributed by atoms with E-state index < -0.39 is 0 Å². The summed E-state index contributed by atoms with van der Waals surface area (Å²) in [6.07, 6.45) is 2.10. The van der Waals surface area contributed by atoms with E-state index in [1.54, 1.807) is 13.3 Å². The Balaban J connectivity index is 2.51. The van der Waals surface area contributed by atoms with Gasteiger partial charge in [0.15, 0.2) is 0 Å². The fourth-order valence-corrected chi connectivity index (χ4v) is 2.60. The minimum Gasteiger partial charge on any atom is -0.396 e. The summed E-state index contributed by atoms with van der Waals surface area (Å²) in [5, 5.41) is 9.83. The van der Waals surface area contributed by atoms with Gasteiger partial charge in [-0.15, -0.1) is 0 Å². The van der Waals surface area contributed by atoms with E-state index in [1.165, 1.54) is 0 Å². The van der Waals surface area contributed by atoms with Crippen LogP contribution < -0.4 is 10.6 Å². The highest BCUT2D eigenvalue weighted by molar-refractivity contribution is 9.10. The first-order chi connectivity index (χ1) is 10.2. The van der Waals surface area contributed by atoms with E-state index in [-0.39, 0.29) is 0 Å². The van der Waals surface area contributed by atoms with E-state index in [4.69, 9.17) is 15.7 Å². The summed E-state index contributed by atoms with van der Waals surface area (Å²) in [5.41, 5.74) is 8.53. The van der Waals surface area contributed by atoms with Crippen LogP contribution in [0.25, 0.3) is 10.9 Å². The van der Waals surface area contributed by atoms with E-state index in [0.29, 0.717) is 31.8 Å². The average Bonchev–Trinajstić information content (AvgIpc) is 2.48. The number of nitrogens with zero attached hydrogens (tertiary/aromatic N) is 3. The molecule has 0 aliphatic heterocycles. The lowest BCUT2D eigenvalue weighted by atomic mass is 10.1. The number of pyridine rings is 1. The Morgan fingerprint density at radius 1 is 1.43 bits per heavy atom. The van der Waals surface area contributed by atoms with E-state index in [2.05, 4.69) is 31.9 Å². The Morgan fingerprint density at radius 3 is 2.95 bits per heavy atom. The highest BCUT2D eigenvalue weighted by atomic mass is 79.9. The number of rotatable bonds is 6. The summed E-state index contributed by atoms with van der Waals surface area (Å²) >= 11 is 3.48. The second-order valence-electron chi connectivity index (χ2n) is 4.61. The Morgan fingerprint density at radius 2 is 2.24 bits per heavy atom. The summed E-state index contributed by atoms with van der Waals surface area (Å²) in [5.74, 6) is 0. The van der Waals surface area contributed by atoms with Gasteiger partial charge in [0.25, 0.3) is 0 Å². The molecule has 2 N–H and O–H groups in total. The predicted molar refractivity (Wildman–Crippen MR) is 88.2 cm³/mol. The van der Waals surface area contributed by atoms with Gasteiger partial charge < -0.3 is 15.4 Å². The molecule has 1 heterocycles. The van der Waals surface area contributed by atoms with Crippen molar-refractivity contribution in [3.8, 4) is 6.07 Å². The largest absolute Gasteiger partial charge is 0.396 e. The molecule has 0 bridgehead atoms. The number of nitrogen functional groups attached to an aromatic ring is 1. The van der Waals surface area contributed by atoms with Crippen molar-refractivity contribution in [3.05, 3.63) is 28.9 Å². The van der Waals surface area contributed by atoms with Gasteiger partial charge in [0.05, 0.1) is 42.2 Å². The van der Waals surface area contributed by atoms with Crippen LogP contribution in [0.1, 0.15) is 6.42 Å². The lowest BCUT2D eigenvalue weighted by Gasteiger charge is -2.26. The van der Waals surface area contributed by atoms with Crippen molar-refractivity contribution in [3.63, 3.8) is 0 Å². The molecule has 0 radical (unpaired) electrons. The molecule has 0 atom stereocenters. The van der Waals surface area contributed by atoms with Crippen molar-refractivity contribution in [1.82, 2.24) is 4.98 Å². The number of halogens is 1. The normalized spacial score (nSPS) is 10.5. The quantitative estimate of drug-likeness (QED) is 0.868. The molecule has 6 heteroatoms. The molecule has 2 rings (SSSR count). The lowest BCUT2D eigenvalue weighted by Crippen LogP contribution is -2.29. The zero-order chi connectivity index (χ0) is 15.2. The molecule has 21 heavy (non-hydrogen) atoms. The number of ether oxygens (including phenoxy) is 1. The summed E-state index contributed by atoms with van der Waals surface area (Å²) < 4.78 is 6.13. The topological polar surface area (TPSA) is 75.2 Å². The van der Waals surface area contributed by atoms with Crippen LogP contribution in [-0.4, -0.2) is 31.8 Å².